The van der Waals surface area contributed by atoms with E-state index in [9.17, 15) is 8.78 Å². The van der Waals surface area contributed by atoms with Crippen LogP contribution in [0.15, 0.2) is 36.4 Å². The molecule has 2 aromatic rings. The van der Waals surface area contributed by atoms with E-state index in [0.717, 1.165) is 5.56 Å². The predicted octanol–water partition coefficient (Wildman–Crippen LogP) is 3.76. The Kier molecular flexibility index (Phi) is 3.76. The van der Waals surface area contributed by atoms with Crippen molar-refractivity contribution in [3.63, 3.8) is 0 Å². The fourth-order valence-electron chi connectivity index (χ4n) is 1.76. The molecular formula is C15H12F2N2. The van der Waals surface area contributed by atoms with Crippen molar-refractivity contribution >= 4 is 5.69 Å². The highest BCUT2D eigenvalue weighted by Gasteiger charge is 2.10. The third-order valence-corrected chi connectivity index (χ3v) is 2.81. The van der Waals surface area contributed by atoms with Gasteiger partial charge in [0.25, 0.3) is 0 Å². The summed E-state index contributed by atoms with van der Waals surface area (Å²) in [6, 6.07) is 11.5. The number of halogens is 2. The van der Waals surface area contributed by atoms with Gasteiger partial charge in [0, 0.05) is 6.54 Å². The van der Waals surface area contributed by atoms with Crippen LogP contribution in [0.25, 0.3) is 0 Å². The lowest BCUT2D eigenvalue weighted by Crippen LogP contribution is -2.05. The monoisotopic (exact) mass is 258 g/mol. The molecule has 0 spiro atoms. The highest BCUT2D eigenvalue weighted by Crippen LogP contribution is 2.22. The van der Waals surface area contributed by atoms with Crippen LogP contribution in [0.2, 0.25) is 0 Å². The van der Waals surface area contributed by atoms with Gasteiger partial charge in [-0.15, -0.1) is 0 Å². The summed E-state index contributed by atoms with van der Waals surface area (Å²) in [6.07, 6.45) is 0. The molecule has 2 rings (SSSR count). The molecule has 0 saturated carbocycles. The second-order valence-electron chi connectivity index (χ2n) is 4.22. The summed E-state index contributed by atoms with van der Waals surface area (Å²) in [5.41, 5.74) is 1.56. The van der Waals surface area contributed by atoms with E-state index in [2.05, 4.69) is 5.32 Å². The van der Waals surface area contributed by atoms with Gasteiger partial charge in [-0.1, -0.05) is 18.2 Å². The molecule has 0 saturated heterocycles. The first kappa shape index (κ1) is 13.0. The van der Waals surface area contributed by atoms with E-state index in [1.54, 1.807) is 31.2 Å². The maximum Gasteiger partial charge on any atom is 0.152 e. The zero-order chi connectivity index (χ0) is 13.8. The van der Waals surface area contributed by atoms with E-state index in [0.29, 0.717) is 11.1 Å². The third kappa shape index (κ3) is 2.89. The Labute approximate surface area is 110 Å². The Morgan fingerprint density at radius 3 is 2.74 bits per heavy atom. The van der Waals surface area contributed by atoms with Gasteiger partial charge >= 0.3 is 0 Å². The third-order valence-electron chi connectivity index (χ3n) is 2.81. The molecule has 0 heterocycles. The largest absolute Gasteiger partial charge is 0.376 e. The Hall–Kier alpha value is -2.41. The van der Waals surface area contributed by atoms with E-state index in [4.69, 9.17) is 5.26 Å². The highest BCUT2D eigenvalue weighted by molar-refractivity contribution is 5.49. The Balaban J connectivity index is 2.19. The minimum Gasteiger partial charge on any atom is -0.376 e. The van der Waals surface area contributed by atoms with Crippen LogP contribution in [0.3, 0.4) is 0 Å². The van der Waals surface area contributed by atoms with Gasteiger partial charge in [-0.3, -0.25) is 0 Å². The molecule has 96 valence electrons. The summed E-state index contributed by atoms with van der Waals surface area (Å²) >= 11 is 0. The number of hydrogen-bond acceptors (Lipinski definition) is 2. The van der Waals surface area contributed by atoms with Crippen LogP contribution in [0.5, 0.6) is 0 Å². The van der Waals surface area contributed by atoms with Crippen LogP contribution >= 0.6 is 0 Å². The van der Waals surface area contributed by atoms with Crippen LogP contribution in [0, 0.1) is 29.9 Å². The van der Waals surface area contributed by atoms with Crippen LogP contribution in [0.1, 0.15) is 16.7 Å². The molecule has 19 heavy (non-hydrogen) atoms. The summed E-state index contributed by atoms with van der Waals surface area (Å²) in [6.45, 7) is 1.84. The molecule has 0 unspecified atom stereocenters. The molecule has 2 aromatic carbocycles. The van der Waals surface area contributed by atoms with Gasteiger partial charge < -0.3 is 5.32 Å². The zero-order valence-corrected chi connectivity index (χ0v) is 10.4. The summed E-state index contributed by atoms with van der Waals surface area (Å²) < 4.78 is 27.3. The summed E-state index contributed by atoms with van der Waals surface area (Å²) in [4.78, 5) is 0. The van der Waals surface area contributed by atoms with Crippen molar-refractivity contribution in [3.8, 4) is 6.07 Å². The number of nitrogens with zero attached hydrogens (tertiary/aromatic N) is 1. The van der Waals surface area contributed by atoms with Gasteiger partial charge in [0.05, 0.1) is 11.6 Å². The molecular weight excluding hydrogens is 246 g/mol. The maximum absolute atomic E-state index is 13.8. The molecule has 0 aliphatic carbocycles. The first-order valence-corrected chi connectivity index (χ1v) is 5.79. The maximum atomic E-state index is 13.8. The average molecular weight is 258 g/mol. The standard InChI is InChI=1S/C15H12F2N2/c1-10-5-6-13(16)15(14(10)17)19-9-12-4-2-3-11(7-12)8-18/h2-7,19H,9H2,1H3. The SMILES string of the molecule is Cc1ccc(F)c(NCc2cccc(C#N)c2)c1F. The minimum atomic E-state index is -0.625. The molecule has 2 nitrogen and oxygen atoms in total. The second-order valence-corrected chi connectivity index (χ2v) is 4.22. The zero-order valence-electron chi connectivity index (χ0n) is 10.4. The number of nitrogens with one attached hydrogen (secondary N) is 1. The first-order chi connectivity index (χ1) is 9.11. The van der Waals surface area contributed by atoms with Gasteiger partial charge in [0.15, 0.2) is 5.82 Å². The van der Waals surface area contributed by atoms with Gasteiger partial charge in [-0.05, 0) is 36.2 Å². The Morgan fingerprint density at radius 1 is 1.21 bits per heavy atom. The predicted molar refractivity (Wildman–Crippen MR) is 69.6 cm³/mol. The van der Waals surface area contributed by atoms with Gasteiger partial charge in [0.1, 0.15) is 11.5 Å². The molecule has 0 bridgehead atoms. The summed E-state index contributed by atoms with van der Waals surface area (Å²) in [5.74, 6) is -1.21. The van der Waals surface area contributed by atoms with Crippen LogP contribution < -0.4 is 5.32 Å². The van der Waals surface area contributed by atoms with Crippen molar-refractivity contribution in [1.82, 2.24) is 0 Å². The van der Waals surface area contributed by atoms with Crippen molar-refractivity contribution in [2.24, 2.45) is 0 Å². The number of benzene rings is 2. The summed E-state index contributed by atoms with van der Waals surface area (Å²) in [5, 5.41) is 11.5. The van der Waals surface area contributed by atoms with Crippen LogP contribution in [-0.4, -0.2) is 0 Å². The lowest BCUT2D eigenvalue weighted by Gasteiger charge is -2.10. The van der Waals surface area contributed by atoms with E-state index < -0.39 is 11.6 Å². The number of aryl methyl sites for hydroxylation is 1. The van der Waals surface area contributed by atoms with Crippen molar-refractivity contribution in [1.29, 1.82) is 5.26 Å². The van der Waals surface area contributed by atoms with Crippen molar-refractivity contribution < 1.29 is 8.78 Å². The van der Waals surface area contributed by atoms with Crippen molar-refractivity contribution in [2.75, 3.05) is 5.32 Å². The van der Waals surface area contributed by atoms with Crippen LogP contribution in [0.4, 0.5) is 14.5 Å². The Bertz CT molecular complexity index is 645. The second kappa shape index (κ2) is 5.49. The molecule has 0 amide bonds. The summed E-state index contributed by atoms with van der Waals surface area (Å²) in [7, 11) is 0. The fraction of sp³-hybridized carbons (Fsp3) is 0.133. The number of nitriles is 1. The van der Waals surface area contributed by atoms with Gasteiger partial charge in [-0.2, -0.15) is 5.26 Å². The number of anilines is 1. The molecule has 0 atom stereocenters. The van der Waals surface area contributed by atoms with E-state index in [1.165, 1.54) is 12.1 Å². The molecule has 4 heteroatoms. The van der Waals surface area contributed by atoms with Gasteiger partial charge in [0.2, 0.25) is 0 Å². The normalized spacial score (nSPS) is 10.0. The van der Waals surface area contributed by atoms with E-state index in [-0.39, 0.29) is 12.2 Å². The fourth-order valence-corrected chi connectivity index (χ4v) is 1.76. The number of hydrogen-bond donors (Lipinski definition) is 1. The van der Waals surface area contributed by atoms with Gasteiger partial charge in [-0.25, -0.2) is 8.78 Å². The minimum absolute atomic E-state index is 0.137. The Morgan fingerprint density at radius 2 is 2.00 bits per heavy atom. The van der Waals surface area contributed by atoms with Crippen LogP contribution in [-0.2, 0) is 6.54 Å². The molecule has 1 N–H and O–H groups in total. The average Bonchev–Trinajstić information content (AvgIpc) is 2.43. The smallest absolute Gasteiger partial charge is 0.152 e. The molecule has 0 radical (unpaired) electrons. The first-order valence-electron chi connectivity index (χ1n) is 5.79. The van der Waals surface area contributed by atoms with E-state index in [1.807, 2.05) is 6.07 Å². The lowest BCUT2D eigenvalue weighted by atomic mass is 10.1. The topological polar surface area (TPSA) is 35.8 Å². The van der Waals surface area contributed by atoms with Crippen molar-refractivity contribution in [2.45, 2.75) is 13.5 Å². The molecule has 0 aliphatic heterocycles. The molecule has 0 aliphatic rings. The quantitative estimate of drug-likeness (QED) is 0.909. The van der Waals surface area contributed by atoms with Crippen molar-refractivity contribution in [3.05, 3.63) is 64.7 Å². The highest BCUT2D eigenvalue weighted by atomic mass is 19.1. The molecule has 0 aromatic heterocycles. The number of rotatable bonds is 3. The lowest BCUT2D eigenvalue weighted by molar-refractivity contribution is 0.582. The van der Waals surface area contributed by atoms with E-state index >= 15 is 0 Å². The molecule has 0 fully saturated rings.